The third kappa shape index (κ3) is 2.26. The van der Waals surface area contributed by atoms with Crippen LogP contribution in [0.3, 0.4) is 0 Å². The van der Waals surface area contributed by atoms with Crippen molar-refractivity contribution in [2.75, 3.05) is 26.2 Å². The molecular formula is C14H17NO3. The molecule has 3 rings (SSSR count). The van der Waals surface area contributed by atoms with E-state index in [1.54, 1.807) is 0 Å². The highest BCUT2D eigenvalue weighted by Crippen LogP contribution is 2.26. The lowest BCUT2D eigenvalue weighted by molar-refractivity contribution is 0.0934. The topological polar surface area (TPSA) is 49.8 Å². The number of hydrogen-bond donors (Lipinski definition) is 1. The van der Waals surface area contributed by atoms with Crippen molar-refractivity contribution in [2.24, 2.45) is 0 Å². The second-order valence-corrected chi connectivity index (χ2v) is 5.02. The minimum atomic E-state index is -0.272. The van der Waals surface area contributed by atoms with Crippen LogP contribution in [0.15, 0.2) is 18.2 Å². The van der Waals surface area contributed by atoms with Gasteiger partial charge in [-0.2, -0.15) is 0 Å². The van der Waals surface area contributed by atoms with Crippen LogP contribution in [0, 0.1) is 0 Å². The third-order valence-electron chi connectivity index (χ3n) is 3.63. The van der Waals surface area contributed by atoms with Gasteiger partial charge in [0.25, 0.3) is 0 Å². The van der Waals surface area contributed by atoms with E-state index in [0.717, 1.165) is 36.3 Å². The summed E-state index contributed by atoms with van der Waals surface area (Å²) in [7, 11) is 0. The predicted octanol–water partition coefficient (Wildman–Crippen LogP) is 0.871. The molecule has 0 spiro atoms. The minimum absolute atomic E-state index is 0.124. The molecule has 18 heavy (non-hydrogen) atoms. The highest BCUT2D eigenvalue weighted by atomic mass is 16.5. The fourth-order valence-corrected chi connectivity index (χ4v) is 2.61. The summed E-state index contributed by atoms with van der Waals surface area (Å²) in [6, 6.07) is 5.66. The van der Waals surface area contributed by atoms with Crippen LogP contribution in [0.1, 0.15) is 22.3 Å². The van der Waals surface area contributed by atoms with Gasteiger partial charge >= 0.3 is 0 Å². The average molecular weight is 247 g/mol. The van der Waals surface area contributed by atoms with E-state index in [1.807, 2.05) is 23.1 Å². The Bertz CT molecular complexity index is 472. The minimum Gasteiger partial charge on any atom is -0.493 e. The monoisotopic (exact) mass is 247 g/mol. The van der Waals surface area contributed by atoms with Crippen molar-refractivity contribution >= 4 is 5.78 Å². The van der Waals surface area contributed by atoms with Gasteiger partial charge in [0.15, 0.2) is 5.78 Å². The maximum atomic E-state index is 12.1. The van der Waals surface area contributed by atoms with E-state index >= 15 is 0 Å². The van der Waals surface area contributed by atoms with Crippen LogP contribution in [0.25, 0.3) is 0 Å². The molecule has 2 aliphatic heterocycles. The van der Waals surface area contributed by atoms with Crippen LogP contribution < -0.4 is 4.74 Å². The largest absolute Gasteiger partial charge is 0.493 e. The number of rotatable bonds is 3. The molecule has 1 atom stereocenters. The van der Waals surface area contributed by atoms with Gasteiger partial charge in [-0.1, -0.05) is 0 Å². The Balaban J connectivity index is 1.69. The summed E-state index contributed by atoms with van der Waals surface area (Å²) in [5.41, 5.74) is 1.88. The van der Waals surface area contributed by atoms with Crippen LogP contribution in [0.5, 0.6) is 5.75 Å². The Morgan fingerprint density at radius 2 is 2.39 bits per heavy atom. The Kier molecular flexibility index (Phi) is 3.06. The Labute approximate surface area is 106 Å². The van der Waals surface area contributed by atoms with Crippen molar-refractivity contribution in [3.05, 3.63) is 29.3 Å². The number of hydrogen-bond acceptors (Lipinski definition) is 4. The molecule has 0 bridgehead atoms. The smallest absolute Gasteiger partial charge is 0.176 e. The van der Waals surface area contributed by atoms with E-state index in [2.05, 4.69) is 0 Å². The summed E-state index contributed by atoms with van der Waals surface area (Å²) in [5.74, 6) is 1.03. The maximum Gasteiger partial charge on any atom is 0.176 e. The number of β-amino-alcohol motifs (C(OH)–C–C–N with tert-alkyl or cyclic N) is 1. The van der Waals surface area contributed by atoms with Gasteiger partial charge in [0.1, 0.15) is 5.75 Å². The normalized spacial score (nSPS) is 22.8. The van der Waals surface area contributed by atoms with Crippen LogP contribution in [-0.4, -0.2) is 48.1 Å². The van der Waals surface area contributed by atoms with Gasteiger partial charge in [0.05, 0.1) is 19.3 Å². The van der Waals surface area contributed by atoms with E-state index in [0.29, 0.717) is 19.7 Å². The van der Waals surface area contributed by atoms with E-state index in [1.165, 1.54) is 0 Å². The lowest BCUT2D eigenvalue weighted by atomic mass is 10.1. The summed E-state index contributed by atoms with van der Waals surface area (Å²) in [5, 5.41) is 9.44. The lowest BCUT2D eigenvalue weighted by Gasteiger charge is -2.13. The Morgan fingerprint density at radius 1 is 1.50 bits per heavy atom. The van der Waals surface area contributed by atoms with Crippen molar-refractivity contribution in [1.29, 1.82) is 0 Å². The molecule has 0 radical (unpaired) electrons. The van der Waals surface area contributed by atoms with Gasteiger partial charge in [0, 0.05) is 25.1 Å². The van der Waals surface area contributed by atoms with Gasteiger partial charge in [-0.15, -0.1) is 0 Å². The van der Waals surface area contributed by atoms with Gasteiger partial charge < -0.3 is 9.84 Å². The standard InChI is InChI=1S/C14H17NO3/c16-12-3-5-15(8-12)9-13(17)10-1-2-14-11(7-10)4-6-18-14/h1-2,7,12,16H,3-6,8-9H2. The maximum absolute atomic E-state index is 12.1. The Morgan fingerprint density at radius 3 is 3.17 bits per heavy atom. The second-order valence-electron chi connectivity index (χ2n) is 5.02. The van der Waals surface area contributed by atoms with Crippen molar-refractivity contribution < 1.29 is 14.6 Å². The molecule has 1 unspecified atom stereocenters. The highest BCUT2D eigenvalue weighted by Gasteiger charge is 2.23. The molecule has 96 valence electrons. The molecule has 0 saturated carbocycles. The number of aliphatic hydroxyl groups is 1. The van der Waals surface area contributed by atoms with Crippen LogP contribution >= 0.6 is 0 Å². The quantitative estimate of drug-likeness (QED) is 0.805. The highest BCUT2D eigenvalue weighted by molar-refractivity contribution is 5.98. The first kappa shape index (κ1) is 11.7. The molecule has 0 amide bonds. The van der Waals surface area contributed by atoms with E-state index in [9.17, 15) is 9.90 Å². The number of aliphatic hydroxyl groups excluding tert-OH is 1. The molecule has 1 N–H and O–H groups in total. The summed E-state index contributed by atoms with van der Waals surface area (Å²) in [6.07, 6.45) is 1.38. The molecular weight excluding hydrogens is 230 g/mol. The zero-order valence-electron chi connectivity index (χ0n) is 10.3. The first-order valence-corrected chi connectivity index (χ1v) is 6.42. The summed E-state index contributed by atoms with van der Waals surface area (Å²) < 4.78 is 5.43. The predicted molar refractivity (Wildman–Crippen MR) is 67.0 cm³/mol. The van der Waals surface area contributed by atoms with Crippen molar-refractivity contribution in [1.82, 2.24) is 4.90 Å². The van der Waals surface area contributed by atoms with E-state index < -0.39 is 0 Å². The van der Waals surface area contributed by atoms with Gasteiger partial charge in [-0.05, 0) is 30.2 Å². The Hall–Kier alpha value is -1.39. The van der Waals surface area contributed by atoms with Crippen molar-refractivity contribution in [3.63, 3.8) is 0 Å². The number of carbonyl (C=O) groups excluding carboxylic acids is 1. The molecule has 0 aromatic heterocycles. The average Bonchev–Trinajstić information content (AvgIpc) is 2.96. The van der Waals surface area contributed by atoms with E-state index in [-0.39, 0.29) is 11.9 Å². The number of carbonyl (C=O) groups is 1. The fraction of sp³-hybridized carbons (Fsp3) is 0.500. The summed E-state index contributed by atoms with van der Waals surface area (Å²) in [6.45, 7) is 2.53. The van der Waals surface area contributed by atoms with Crippen molar-refractivity contribution in [3.8, 4) is 5.75 Å². The van der Waals surface area contributed by atoms with Crippen LogP contribution in [0.2, 0.25) is 0 Å². The number of ether oxygens (including phenoxy) is 1. The number of ketones is 1. The number of nitrogens with zero attached hydrogens (tertiary/aromatic N) is 1. The SMILES string of the molecule is O=C(CN1CCC(O)C1)c1ccc2c(c1)CCO2. The zero-order valence-corrected chi connectivity index (χ0v) is 10.3. The molecule has 1 aromatic rings. The van der Waals surface area contributed by atoms with Crippen LogP contribution in [-0.2, 0) is 6.42 Å². The molecule has 2 aliphatic rings. The lowest BCUT2D eigenvalue weighted by Crippen LogP contribution is -2.28. The molecule has 1 fully saturated rings. The van der Waals surface area contributed by atoms with Crippen LogP contribution in [0.4, 0.5) is 0 Å². The molecule has 4 nitrogen and oxygen atoms in total. The van der Waals surface area contributed by atoms with Crippen molar-refractivity contribution in [2.45, 2.75) is 18.9 Å². The molecule has 4 heteroatoms. The third-order valence-corrected chi connectivity index (χ3v) is 3.63. The fourth-order valence-electron chi connectivity index (χ4n) is 2.61. The summed E-state index contributed by atoms with van der Waals surface area (Å²) >= 11 is 0. The molecule has 2 heterocycles. The number of likely N-dealkylation sites (tertiary alicyclic amines) is 1. The second kappa shape index (κ2) is 4.71. The molecule has 1 aromatic carbocycles. The van der Waals surface area contributed by atoms with Gasteiger partial charge in [-0.3, -0.25) is 9.69 Å². The van der Waals surface area contributed by atoms with Gasteiger partial charge in [-0.25, -0.2) is 0 Å². The number of Topliss-reactive ketones (excluding diaryl/α,β-unsaturated/α-hetero) is 1. The number of benzene rings is 1. The zero-order chi connectivity index (χ0) is 12.5. The number of fused-ring (bicyclic) bond motifs is 1. The van der Waals surface area contributed by atoms with E-state index in [4.69, 9.17) is 4.74 Å². The summed E-state index contributed by atoms with van der Waals surface area (Å²) in [4.78, 5) is 14.2. The molecule has 0 aliphatic carbocycles. The first-order chi connectivity index (χ1) is 8.72. The van der Waals surface area contributed by atoms with Gasteiger partial charge in [0.2, 0.25) is 0 Å². The first-order valence-electron chi connectivity index (χ1n) is 6.42. The molecule has 1 saturated heterocycles.